The minimum Gasteiger partial charge on any atom is -0.392 e. The second-order valence-corrected chi connectivity index (χ2v) is 9.00. The molecule has 0 aliphatic carbocycles. The predicted octanol–water partition coefficient (Wildman–Crippen LogP) is 6.10. The molecule has 0 aliphatic heterocycles. The maximum Gasteiger partial charge on any atom is 0.0690 e. The summed E-state index contributed by atoms with van der Waals surface area (Å²) in [6.45, 7) is 4.35. The second-order valence-electron chi connectivity index (χ2n) is 7.38. The van der Waals surface area contributed by atoms with Crippen LogP contribution < -0.4 is 0 Å². The van der Waals surface area contributed by atoms with E-state index in [1.807, 2.05) is 0 Å². The highest BCUT2D eigenvalue weighted by molar-refractivity contribution is 7.87. The molecule has 0 saturated heterocycles. The molecule has 0 rings (SSSR count). The number of unbranched alkanes of at least 4 members (excludes halogenated alkanes) is 7. The zero-order valence-electron chi connectivity index (χ0n) is 16.2. The van der Waals surface area contributed by atoms with Crippen LogP contribution in [0.3, 0.4) is 0 Å². The average Bonchev–Trinajstić information content (AvgIpc) is 2.62. The van der Waals surface area contributed by atoms with Gasteiger partial charge in [-0.1, -0.05) is 71.6 Å². The first-order valence-corrected chi connectivity index (χ1v) is 11.7. The molecule has 0 aliphatic rings. The van der Waals surface area contributed by atoms with E-state index in [1.165, 1.54) is 44.9 Å². The van der Waals surface area contributed by atoms with Gasteiger partial charge in [-0.15, -0.1) is 0 Å². The van der Waals surface area contributed by atoms with Crippen LogP contribution in [0.4, 0.5) is 0 Å². The van der Waals surface area contributed by atoms with Gasteiger partial charge in [0.25, 0.3) is 0 Å². The Bertz CT molecular complexity index is 361. The van der Waals surface area contributed by atoms with Crippen LogP contribution in [0, 0.1) is 16.7 Å². The van der Waals surface area contributed by atoms with Crippen LogP contribution in [0.5, 0.6) is 0 Å². The van der Waals surface area contributed by atoms with E-state index >= 15 is 0 Å². The number of nitriles is 1. The van der Waals surface area contributed by atoms with Crippen LogP contribution >= 0.6 is 37.9 Å². The van der Waals surface area contributed by atoms with Crippen molar-refractivity contribution in [3.8, 4) is 6.07 Å². The van der Waals surface area contributed by atoms with Gasteiger partial charge in [0.1, 0.15) is 0 Å². The Balaban J connectivity index is 4.40. The summed E-state index contributed by atoms with van der Waals surface area (Å²) >= 11 is 13.2. The molecule has 5 heteroatoms. The Morgan fingerprint density at radius 1 is 0.920 bits per heavy atom. The first-order chi connectivity index (χ1) is 12.0. The summed E-state index contributed by atoms with van der Waals surface area (Å²) in [5.41, 5.74) is -0.429. The largest absolute Gasteiger partial charge is 0.392 e. The molecular formula is C20H39NOS3. The van der Waals surface area contributed by atoms with Gasteiger partial charge in [0.05, 0.1) is 17.6 Å². The molecule has 0 heterocycles. The highest BCUT2D eigenvalue weighted by atomic mass is 32.1. The van der Waals surface area contributed by atoms with Crippen molar-refractivity contribution in [3.05, 3.63) is 0 Å². The van der Waals surface area contributed by atoms with Crippen LogP contribution in [0.2, 0.25) is 0 Å². The van der Waals surface area contributed by atoms with Gasteiger partial charge in [-0.05, 0) is 19.3 Å². The molecule has 2 nitrogen and oxygen atoms in total. The third kappa shape index (κ3) is 11.1. The first-order valence-electron chi connectivity index (χ1n) is 10.0. The van der Waals surface area contributed by atoms with E-state index in [0.29, 0.717) is 12.2 Å². The summed E-state index contributed by atoms with van der Waals surface area (Å²) in [5, 5.41) is 20.0. The fourth-order valence-electron chi connectivity index (χ4n) is 3.45. The van der Waals surface area contributed by atoms with Crippen LogP contribution in [-0.4, -0.2) is 27.5 Å². The maximum atomic E-state index is 10.5. The molecule has 0 bridgehead atoms. The molecule has 2 unspecified atom stereocenters. The lowest BCUT2D eigenvalue weighted by atomic mass is 9.75. The Hall–Kier alpha value is 0.500. The second kappa shape index (κ2) is 15.5. The van der Waals surface area contributed by atoms with Crippen molar-refractivity contribution in [1.29, 1.82) is 5.26 Å². The van der Waals surface area contributed by atoms with Crippen molar-refractivity contribution < 1.29 is 5.11 Å². The molecular weight excluding hydrogens is 366 g/mol. The molecule has 0 amide bonds. The summed E-state index contributed by atoms with van der Waals surface area (Å²) in [6, 6.07) is 2.54. The number of aliphatic hydroxyl groups excluding tert-OH is 1. The van der Waals surface area contributed by atoms with E-state index < -0.39 is 11.5 Å². The molecule has 1 N–H and O–H groups in total. The summed E-state index contributed by atoms with van der Waals surface area (Å²) in [4.78, 5) is 0. The van der Waals surface area contributed by atoms with Crippen LogP contribution in [0.15, 0.2) is 0 Å². The molecule has 0 aromatic heterocycles. The number of aliphatic hydroxyl groups is 1. The predicted molar refractivity (Wildman–Crippen MR) is 120 cm³/mol. The lowest BCUT2D eigenvalue weighted by Gasteiger charge is -2.32. The zero-order chi connectivity index (χ0) is 19.1. The number of hydrogen-bond acceptors (Lipinski definition) is 5. The highest BCUT2D eigenvalue weighted by Gasteiger charge is 2.34. The van der Waals surface area contributed by atoms with Gasteiger partial charge in [0.15, 0.2) is 0 Å². The van der Waals surface area contributed by atoms with Crippen LogP contribution in [-0.2, 0) is 0 Å². The number of thiol groups is 3. The minimum atomic E-state index is -0.613. The Morgan fingerprint density at radius 3 is 1.96 bits per heavy atom. The minimum absolute atomic E-state index is 0.0668. The standard InChI is InChI=1S/C20H39NOS3/c1-3-5-6-7-8-9-10-11-13-20(16-21,12-4-2)14-17(22)19(25)18(24)15-23/h17-19,22-25H,3-15H2,1-2H3/t17?,18-,19-,20?/m1/s1. The molecule has 0 aromatic carbocycles. The normalized spacial score (nSPS) is 17.5. The molecule has 0 saturated carbocycles. The molecule has 4 atom stereocenters. The quantitative estimate of drug-likeness (QED) is 0.185. The first kappa shape index (κ1) is 25.5. The van der Waals surface area contributed by atoms with Crippen molar-refractivity contribution in [1.82, 2.24) is 0 Å². The monoisotopic (exact) mass is 405 g/mol. The van der Waals surface area contributed by atoms with Gasteiger partial charge >= 0.3 is 0 Å². The summed E-state index contributed by atoms with van der Waals surface area (Å²) in [7, 11) is 0. The van der Waals surface area contributed by atoms with E-state index in [9.17, 15) is 10.4 Å². The van der Waals surface area contributed by atoms with Gasteiger partial charge in [0, 0.05) is 16.3 Å². The van der Waals surface area contributed by atoms with E-state index in [0.717, 1.165) is 25.7 Å². The topological polar surface area (TPSA) is 44.0 Å². The van der Waals surface area contributed by atoms with Gasteiger partial charge in [-0.2, -0.15) is 43.1 Å². The summed E-state index contributed by atoms with van der Waals surface area (Å²) in [6.07, 6.45) is 12.7. The van der Waals surface area contributed by atoms with Crippen molar-refractivity contribution in [2.24, 2.45) is 5.41 Å². The van der Waals surface area contributed by atoms with E-state index in [4.69, 9.17) is 0 Å². The summed E-state index contributed by atoms with van der Waals surface area (Å²) in [5.74, 6) is 0.569. The zero-order valence-corrected chi connectivity index (χ0v) is 18.8. The third-order valence-electron chi connectivity index (χ3n) is 5.05. The Morgan fingerprint density at radius 2 is 1.48 bits per heavy atom. The van der Waals surface area contributed by atoms with E-state index in [2.05, 4.69) is 57.8 Å². The fraction of sp³-hybridized carbons (Fsp3) is 0.950. The molecule has 25 heavy (non-hydrogen) atoms. The molecule has 0 aromatic rings. The summed E-state index contributed by atoms with van der Waals surface area (Å²) < 4.78 is 0. The van der Waals surface area contributed by atoms with Crippen molar-refractivity contribution in [2.45, 2.75) is 108 Å². The Labute approximate surface area is 172 Å². The van der Waals surface area contributed by atoms with Crippen molar-refractivity contribution in [3.63, 3.8) is 0 Å². The van der Waals surface area contributed by atoms with E-state index in [-0.39, 0.29) is 10.5 Å². The maximum absolute atomic E-state index is 10.5. The molecule has 0 spiro atoms. The van der Waals surface area contributed by atoms with Crippen molar-refractivity contribution >= 4 is 37.9 Å². The van der Waals surface area contributed by atoms with Gasteiger partial charge in [-0.25, -0.2) is 0 Å². The lowest BCUT2D eigenvalue weighted by Crippen LogP contribution is -2.36. The average molecular weight is 406 g/mol. The van der Waals surface area contributed by atoms with Gasteiger partial charge < -0.3 is 5.11 Å². The SMILES string of the molecule is CCCCCCCCCCC(C#N)(CCC)CC(O)[C@@H](S)[C@H](S)CS. The lowest BCUT2D eigenvalue weighted by molar-refractivity contribution is 0.109. The van der Waals surface area contributed by atoms with Crippen molar-refractivity contribution in [2.75, 3.05) is 5.75 Å². The van der Waals surface area contributed by atoms with Gasteiger partial charge in [0.2, 0.25) is 0 Å². The van der Waals surface area contributed by atoms with Crippen LogP contribution in [0.25, 0.3) is 0 Å². The smallest absolute Gasteiger partial charge is 0.0690 e. The number of hydrogen-bond donors (Lipinski definition) is 4. The third-order valence-corrected chi connectivity index (χ3v) is 7.17. The number of nitrogens with zero attached hydrogens (tertiary/aromatic N) is 1. The molecule has 0 fully saturated rings. The molecule has 0 radical (unpaired) electrons. The molecule has 148 valence electrons. The highest BCUT2D eigenvalue weighted by Crippen LogP contribution is 2.37. The van der Waals surface area contributed by atoms with Crippen LogP contribution in [0.1, 0.15) is 90.9 Å². The Kier molecular flexibility index (Phi) is 15.9. The number of rotatable bonds is 16. The fourth-order valence-corrected chi connectivity index (χ4v) is 4.25. The van der Waals surface area contributed by atoms with Gasteiger partial charge in [-0.3, -0.25) is 0 Å². The van der Waals surface area contributed by atoms with E-state index in [1.54, 1.807) is 0 Å².